The Bertz CT molecular complexity index is 691. The highest BCUT2D eigenvalue weighted by molar-refractivity contribution is 7.20. The molecule has 0 aliphatic carbocycles. The minimum Gasteiger partial charge on any atom is -0.475 e. The quantitative estimate of drug-likeness (QED) is 0.505. The Morgan fingerprint density at radius 3 is 2.76 bits per heavy atom. The molecule has 5 nitrogen and oxygen atoms in total. The number of carbonyl (C=O) groups excluding carboxylic acids is 1. The zero-order chi connectivity index (χ0) is 15.6. The van der Waals surface area contributed by atoms with Crippen LogP contribution in [-0.2, 0) is 9.53 Å². The molecule has 112 valence electrons. The van der Waals surface area contributed by atoms with Crippen LogP contribution >= 0.6 is 11.3 Å². The third-order valence-corrected chi connectivity index (χ3v) is 4.05. The molecule has 1 aromatic heterocycles. The second-order valence-corrected chi connectivity index (χ2v) is 6.11. The summed E-state index contributed by atoms with van der Waals surface area (Å²) >= 11 is 1.42. The minimum absolute atomic E-state index is 0.0202. The molecule has 2 rings (SSSR count). The van der Waals surface area contributed by atoms with Gasteiger partial charge in [0, 0.05) is 10.1 Å². The molecular weight excluding hydrogens is 288 g/mol. The van der Waals surface area contributed by atoms with Gasteiger partial charge in [-0.15, -0.1) is 11.3 Å². The first-order valence-corrected chi connectivity index (χ1v) is 7.40. The number of rotatable bonds is 5. The molecule has 0 bridgehead atoms. The maximum absolute atomic E-state index is 11.9. The number of carbonyl (C=O) groups is 1. The number of hydrogen-bond donors (Lipinski definition) is 2. The molecule has 1 heterocycles. The summed E-state index contributed by atoms with van der Waals surface area (Å²) < 4.78 is 11.8. The summed E-state index contributed by atoms with van der Waals surface area (Å²) in [6.45, 7) is 5.40. The van der Waals surface area contributed by atoms with Crippen molar-refractivity contribution in [3.63, 3.8) is 0 Å². The van der Waals surface area contributed by atoms with Crippen molar-refractivity contribution in [3.8, 4) is 5.75 Å². The van der Waals surface area contributed by atoms with Crippen molar-refractivity contribution in [2.75, 3.05) is 6.61 Å². The predicted octanol–water partition coefficient (Wildman–Crippen LogP) is 2.91. The van der Waals surface area contributed by atoms with Gasteiger partial charge in [0.05, 0.1) is 11.5 Å². The van der Waals surface area contributed by atoms with Crippen LogP contribution in [0.5, 0.6) is 5.75 Å². The van der Waals surface area contributed by atoms with Crippen LogP contribution in [0.2, 0.25) is 0 Å². The van der Waals surface area contributed by atoms with Crippen molar-refractivity contribution < 1.29 is 14.3 Å². The van der Waals surface area contributed by atoms with E-state index in [1.54, 1.807) is 32.9 Å². The summed E-state index contributed by atoms with van der Waals surface area (Å²) in [5.74, 6) is 0.185. The Balaban J connectivity index is 2.38. The molecular formula is C15H18N2O3S. The van der Waals surface area contributed by atoms with Crippen LogP contribution in [0.25, 0.3) is 10.1 Å². The first-order chi connectivity index (χ1) is 9.85. The maximum Gasteiger partial charge on any atom is 0.349 e. The van der Waals surface area contributed by atoms with Gasteiger partial charge in [-0.05, 0) is 39.0 Å². The highest BCUT2D eigenvalue weighted by Crippen LogP contribution is 2.34. The summed E-state index contributed by atoms with van der Waals surface area (Å²) in [5.41, 5.74) is 4.44. The van der Waals surface area contributed by atoms with Crippen LogP contribution in [-0.4, -0.2) is 24.0 Å². The normalized spacial score (nSPS) is 11.4. The lowest BCUT2D eigenvalue weighted by Crippen LogP contribution is -2.39. The van der Waals surface area contributed by atoms with E-state index in [1.165, 1.54) is 11.3 Å². The monoisotopic (exact) mass is 306 g/mol. The number of ether oxygens (including phenoxy) is 2. The molecule has 0 spiro atoms. The number of hydrogen-bond acceptors (Lipinski definition) is 5. The van der Waals surface area contributed by atoms with Crippen molar-refractivity contribution in [2.45, 2.75) is 26.4 Å². The third-order valence-electron chi connectivity index (χ3n) is 2.92. The largest absolute Gasteiger partial charge is 0.475 e. The highest BCUT2D eigenvalue weighted by Gasteiger charge is 2.32. The number of benzene rings is 1. The number of nitrogen functional groups attached to an aromatic ring is 1. The van der Waals surface area contributed by atoms with Gasteiger partial charge in [-0.1, -0.05) is 6.07 Å². The van der Waals surface area contributed by atoms with E-state index in [1.807, 2.05) is 12.1 Å². The molecule has 0 atom stereocenters. The fourth-order valence-corrected chi connectivity index (χ4v) is 2.82. The number of thiophene rings is 1. The van der Waals surface area contributed by atoms with Gasteiger partial charge in [-0.3, -0.25) is 5.41 Å². The van der Waals surface area contributed by atoms with Gasteiger partial charge in [-0.25, -0.2) is 4.79 Å². The van der Waals surface area contributed by atoms with Crippen LogP contribution in [0.15, 0.2) is 24.3 Å². The standard InChI is InChI=1S/C15H18N2O3S/c1-4-19-14(18)15(2,3)20-10-6-5-7-11-9(10)8-12(21-11)13(16)17/h5-8H,4H2,1-3H3,(H3,16,17). The molecule has 0 saturated heterocycles. The molecule has 6 heteroatoms. The maximum atomic E-state index is 11.9. The van der Waals surface area contributed by atoms with Crippen molar-refractivity contribution in [1.29, 1.82) is 5.41 Å². The zero-order valence-electron chi connectivity index (χ0n) is 12.2. The molecule has 0 unspecified atom stereocenters. The average Bonchev–Trinajstić information content (AvgIpc) is 2.84. The molecule has 0 aliphatic heterocycles. The van der Waals surface area contributed by atoms with E-state index in [4.69, 9.17) is 20.6 Å². The van der Waals surface area contributed by atoms with E-state index in [0.29, 0.717) is 17.2 Å². The van der Waals surface area contributed by atoms with Gasteiger partial charge in [-0.2, -0.15) is 0 Å². The second kappa shape index (κ2) is 5.73. The van der Waals surface area contributed by atoms with Crippen molar-refractivity contribution >= 4 is 33.2 Å². The van der Waals surface area contributed by atoms with Gasteiger partial charge < -0.3 is 15.2 Å². The SMILES string of the molecule is CCOC(=O)C(C)(C)Oc1cccc2sc(C(=N)N)cc12. The first-order valence-electron chi connectivity index (χ1n) is 6.58. The average molecular weight is 306 g/mol. The molecule has 0 fully saturated rings. The summed E-state index contributed by atoms with van der Waals surface area (Å²) in [6.07, 6.45) is 0. The summed E-state index contributed by atoms with van der Waals surface area (Å²) in [6, 6.07) is 7.37. The summed E-state index contributed by atoms with van der Waals surface area (Å²) in [7, 11) is 0. The van der Waals surface area contributed by atoms with E-state index in [2.05, 4.69) is 0 Å². The third kappa shape index (κ3) is 3.16. The van der Waals surface area contributed by atoms with Crippen molar-refractivity contribution in [2.24, 2.45) is 5.73 Å². The Hall–Kier alpha value is -2.08. The molecule has 21 heavy (non-hydrogen) atoms. The minimum atomic E-state index is -1.08. The second-order valence-electron chi connectivity index (χ2n) is 5.03. The number of amidine groups is 1. The molecule has 1 aromatic carbocycles. The topological polar surface area (TPSA) is 85.4 Å². The van der Waals surface area contributed by atoms with Crippen LogP contribution in [0.3, 0.4) is 0 Å². The smallest absolute Gasteiger partial charge is 0.349 e. The lowest BCUT2D eigenvalue weighted by atomic mass is 10.1. The molecule has 0 aliphatic rings. The number of fused-ring (bicyclic) bond motifs is 1. The van der Waals surface area contributed by atoms with E-state index >= 15 is 0 Å². The van der Waals surface area contributed by atoms with Gasteiger partial charge in [0.15, 0.2) is 5.60 Å². The molecule has 0 saturated carbocycles. The van der Waals surface area contributed by atoms with Crippen molar-refractivity contribution in [3.05, 3.63) is 29.1 Å². The fourth-order valence-electron chi connectivity index (χ4n) is 1.88. The van der Waals surface area contributed by atoms with E-state index in [-0.39, 0.29) is 5.84 Å². The first kappa shape index (κ1) is 15.3. The van der Waals surface area contributed by atoms with E-state index in [0.717, 1.165) is 10.1 Å². The Morgan fingerprint density at radius 2 is 2.14 bits per heavy atom. The van der Waals surface area contributed by atoms with Crippen LogP contribution in [0.4, 0.5) is 0 Å². The highest BCUT2D eigenvalue weighted by atomic mass is 32.1. The predicted molar refractivity (Wildman–Crippen MR) is 84.2 cm³/mol. The summed E-state index contributed by atoms with van der Waals surface area (Å²) in [4.78, 5) is 12.6. The van der Waals surface area contributed by atoms with Crippen molar-refractivity contribution in [1.82, 2.24) is 0 Å². The summed E-state index contributed by atoms with van der Waals surface area (Å²) in [5, 5.41) is 8.35. The molecule has 2 aromatic rings. The molecule has 0 amide bonds. The Kier molecular flexibility index (Phi) is 4.18. The zero-order valence-corrected chi connectivity index (χ0v) is 13.0. The van der Waals surface area contributed by atoms with Gasteiger partial charge >= 0.3 is 5.97 Å². The van der Waals surface area contributed by atoms with Gasteiger partial charge in [0.2, 0.25) is 0 Å². The molecule has 3 N–H and O–H groups in total. The number of nitrogens with two attached hydrogens (primary N) is 1. The van der Waals surface area contributed by atoms with Gasteiger partial charge in [0.1, 0.15) is 11.6 Å². The van der Waals surface area contributed by atoms with Crippen LogP contribution < -0.4 is 10.5 Å². The number of nitrogens with one attached hydrogen (secondary N) is 1. The van der Waals surface area contributed by atoms with Gasteiger partial charge in [0.25, 0.3) is 0 Å². The molecule has 0 radical (unpaired) electrons. The van der Waals surface area contributed by atoms with Crippen LogP contribution in [0, 0.1) is 5.41 Å². The lowest BCUT2D eigenvalue weighted by molar-refractivity contribution is -0.158. The van der Waals surface area contributed by atoms with E-state index in [9.17, 15) is 4.79 Å². The van der Waals surface area contributed by atoms with Crippen LogP contribution in [0.1, 0.15) is 25.6 Å². The Labute approximate surface area is 127 Å². The fraction of sp³-hybridized carbons (Fsp3) is 0.333. The number of esters is 1. The van der Waals surface area contributed by atoms with E-state index < -0.39 is 11.6 Å². The lowest BCUT2D eigenvalue weighted by Gasteiger charge is -2.24. The Morgan fingerprint density at radius 1 is 1.43 bits per heavy atom.